The first kappa shape index (κ1) is 22.4. The third-order valence-corrected chi connectivity index (χ3v) is 7.19. The highest BCUT2D eigenvalue weighted by molar-refractivity contribution is 5.75. The molecule has 31 heavy (non-hydrogen) atoms. The van der Waals surface area contributed by atoms with Crippen molar-refractivity contribution in [3.63, 3.8) is 0 Å². The van der Waals surface area contributed by atoms with E-state index in [1.807, 2.05) is 0 Å². The summed E-state index contributed by atoms with van der Waals surface area (Å²) in [5, 5.41) is 5.31. The SMILES string of the molecule is CNC(=O)NC1CN(C(=O)O[C@@H]2CC[C@]3(CO3)[C@@H]([C@@]3(C)O[C@@H]3CC=C(C)C)[C@@H]2OC)C1. The molecule has 3 heterocycles. The van der Waals surface area contributed by atoms with Gasteiger partial charge in [-0.05, 0) is 40.0 Å². The predicted molar refractivity (Wildman–Crippen MR) is 113 cm³/mol. The summed E-state index contributed by atoms with van der Waals surface area (Å²) in [6.45, 7) is 7.89. The molecule has 4 fully saturated rings. The zero-order valence-corrected chi connectivity index (χ0v) is 19.1. The Hall–Kier alpha value is -1.84. The summed E-state index contributed by atoms with van der Waals surface area (Å²) in [5.74, 6) is 0.00571. The monoisotopic (exact) mass is 437 g/mol. The number of hydrogen-bond acceptors (Lipinski definition) is 6. The van der Waals surface area contributed by atoms with E-state index < -0.39 is 0 Å². The second-order valence-electron chi connectivity index (χ2n) is 9.63. The van der Waals surface area contributed by atoms with E-state index in [0.717, 1.165) is 12.8 Å². The van der Waals surface area contributed by atoms with E-state index in [-0.39, 0.29) is 53.6 Å². The summed E-state index contributed by atoms with van der Waals surface area (Å²) in [6, 6.07) is -0.301. The summed E-state index contributed by atoms with van der Waals surface area (Å²) in [7, 11) is 3.23. The molecule has 0 aromatic rings. The molecule has 174 valence electrons. The molecule has 1 spiro atoms. The number of rotatable bonds is 6. The molecule has 3 amide bonds. The van der Waals surface area contributed by atoms with Crippen molar-refractivity contribution >= 4 is 12.1 Å². The van der Waals surface area contributed by atoms with Gasteiger partial charge < -0.3 is 34.5 Å². The van der Waals surface area contributed by atoms with Gasteiger partial charge in [0.1, 0.15) is 23.4 Å². The summed E-state index contributed by atoms with van der Waals surface area (Å²) in [4.78, 5) is 25.7. The van der Waals surface area contributed by atoms with Gasteiger partial charge in [0.25, 0.3) is 0 Å². The highest BCUT2D eigenvalue weighted by atomic mass is 16.6. The number of methoxy groups -OCH3 is 1. The Morgan fingerprint density at radius 2 is 2.00 bits per heavy atom. The van der Waals surface area contributed by atoms with E-state index in [2.05, 4.69) is 37.5 Å². The van der Waals surface area contributed by atoms with E-state index >= 15 is 0 Å². The number of allylic oxidation sites excluding steroid dienone is 1. The van der Waals surface area contributed by atoms with Crippen LogP contribution in [-0.2, 0) is 18.9 Å². The number of carbonyl (C=O) groups is 2. The maximum atomic E-state index is 12.7. The standard InChI is InChI=1S/C22H35N3O6/c1-13(2)6-7-16-21(3,31-16)18-17(28-5)15(8-9-22(18)12-29-22)30-20(27)25-10-14(11-25)24-19(26)23-4/h6,14-18H,7-12H2,1-5H3,(H2,23,24,26)/t15-,16-,17-,18-,21+,22+/m1/s1. The molecule has 1 saturated carbocycles. The van der Waals surface area contributed by atoms with Crippen molar-refractivity contribution in [3.8, 4) is 0 Å². The van der Waals surface area contributed by atoms with Gasteiger partial charge in [0, 0.05) is 27.2 Å². The fourth-order valence-electron chi connectivity index (χ4n) is 5.25. The van der Waals surface area contributed by atoms with Gasteiger partial charge in [0.05, 0.1) is 24.7 Å². The highest BCUT2D eigenvalue weighted by Crippen LogP contribution is 2.59. The molecular formula is C22H35N3O6. The normalized spacial score (nSPS) is 38.8. The van der Waals surface area contributed by atoms with E-state index in [1.165, 1.54) is 5.57 Å². The van der Waals surface area contributed by atoms with Crippen LogP contribution >= 0.6 is 0 Å². The van der Waals surface area contributed by atoms with Crippen LogP contribution in [0.2, 0.25) is 0 Å². The van der Waals surface area contributed by atoms with Crippen molar-refractivity contribution in [2.75, 3.05) is 33.9 Å². The molecule has 0 unspecified atom stereocenters. The number of epoxide rings is 2. The Morgan fingerprint density at radius 1 is 1.29 bits per heavy atom. The molecule has 3 aliphatic heterocycles. The van der Waals surface area contributed by atoms with Crippen LogP contribution in [0.1, 0.15) is 40.0 Å². The van der Waals surface area contributed by atoms with Crippen LogP contribution in [0.3, 0.4) is 0 Å². The highest BCUT2D eigenvalue weighted by Gasteiger charge is 2.72. The smallest absolute Gasteiger partial charge is 0.410 e. The lowest BCUT2D eigenvalue weighted by molar-refractivity contribution is -0.123. The maximum Gasteiger partial charge on any atom is 0.410 e. The average Bonchev–Trinajstić information content (AvgIpc) is 3.61. The van der Waals surface area contributed by atoms with Gasteiger partial charge in [-0.1, -0.05) is 11.6 Å². The predicted octanol–water partition coefficient (Wildman–Crippen LogP) is 1.81. The minimum Gasteiger partial charge on any atom is -0.443 e. The van der Waals surface area contributed by atoms with Gasteiger partial charge in [0.15, 0.2) is 0 Å². The van der Waals surface area contributed by atoms with Crippen LogP contribution in [-0.4, -0.2) is 86.4 Å². The molecule has 6 atom stereocenters. The Morgan fingerprint density at radius 3 is 2.58 bits per heavy atom. The van der Waals surface area contributed by atoms with Crippen molar-refractivity contribution in [2.24, 2.45) is 5.92 Å². The van der Waals surface area contributed by atoms with E-state index in [9.17, 15) is 9.59 Å². The van der Waals surface area contributed by atoms with Crippen molar-refractivity contribution in [1.29, 1.82) is 0 Å². The van der Waals surface area contributed by atoms with Crippen LogP contribution in [0.4, 0.5) is 9.59 Å². The number of urea groups is 1. The van der Waals surface area contributed by atoms with Gasteiger partial charge in [0.2, 0.25) is 0 Å². The summed E-state index contributed by atoms with van der Waals surface area (Å²) in [6.07, 6.45) is 3.69. The first-order valence-corrected chi connectivity index (χ1v) is 11.1. The summed E-state index contributed by atoms with van der Waals surface area (Å²) in [5.41, 5.74) is 0.679. The van der Waals surface area contributed by atoms with E-state index in [1.54, 1.807) is 19.1 Å². The molecule has 4 aliphatic rings. The average molecular weight is 438 g/mol. The van der Waals surface area contributed by atoms with Crippen LogP contribution in [0.5, 0.6) is 0 Å². The fraction of sp³-hybridized carbons (Fsp3) is 0.818. The van der Waals surface area contributed by atoms with E-state index in [0.29, 0.717) is 26.1 Å². The lowest BCUT2D eigenvalue weighted by Gasteiger charge is -2.44. The molecule has 0 radical (unpaired) electrons. The molecular weight excluding hydrogens is 402 g/mol. The first-order valence-electron chi connectivity index (χ1n) is 11.1. The van der Waals surface area contributed by atoms with Crippen LogP contribution in [0.25, 0.3) is 0 Å². The molecule has 3 saturated heterocycles. The van der Waals surface area contributed by atoms with Gasteiger partial charge in [-0.2, -0.15) is 0 Å². The van der Waals surface area contributed by atoms with Gasteiger partial charge >= 0.3 is 12.1 Å². The topological polar surface area (TPSA) is 105 Å². The summed E-state index contributed by atoms with van der Waals surface area (Å²) >= 11 is 0. The van der Waals surface area contributed by atoms with E-state index in [4.69, 9.17) is 18.9 Å². The number of ether oxygens (including phenoxy) is 4. The van der Waals surface area contributed by atoms with Crippen LogP contribution in [0, 0.1) is 5.92 Å². The number of nitrogens with zero attached hydrogens (tertiary/aromatic N) is 1. The molecule has 9 nitrogen and oxygen atoms in total. The van der Waals surface area contributed by atoms with Crippen LogP contribution in [0.15, 0.2) is 11.6 Å². The fourth-order valence-corrected chi connectivity index (χ4v) is 5.25. The van der Waals surface area contributed by atoms with Gasteiger partial charge in [-0.25, -0.2) is 9.59 Å². The second-order valence-corrected chi connectivity index (χ2v) is 9.63. The quantitative estimate of drug-likeness (QED) is 0.485. The Kier molecular flexibility index (Phi) is 5.95. The Labute approximate surface area is 183 Å². The minimum atomic E-state index is -0.364. The number of nitrogens with one attached hydrogen (secondary N) is 2. The van der Waals surface area contributed by atoms with Crippen molar-refractivity contribution in [3.05, 3.63) is 11.6 Å². The first-order chi connectivity index (χ1) is 14.7. The third-order valence-electron chi connectivity index (χ3n) is 7.19. The molecule has 4 rings (SSSR count). The lowest BCUT2D eigenvalue weighted by atomic mass is 9.68. The molecule has 0 bridgehead atoms. The molecule has 1 aliphatic carbocycles. The number of likely N-dealkylation sites (tertiary alicyclic amines) is 1. The summed E-state index contributed by atoms with van der Waals surface area (Å²) < 4.78 is 24.0. The molecule has 0 aromatic carbocycles. The molecule has 0 aromatic heterocycles. The Bertz CT molecular complexity index is 744. The van der Waals surface area contributed by atoms with Gasteiger partial charge in [-0.15, -0.1) is 0 Å². The van der Waals surface area contributed by atoms with Gasteiger partial charge in [-0.3, -0.25) is 0 Å². The number of amides is 3. The minimum absolute atomic E-state index is 0.00571. The number of carbonyl (C=O) groups excluding carboxylic acids is 2. The maximum absolute atomic E-state index is 12.7. The lowest BCUT2D eigenvalue weighted by Crippen LogP contribution is -2.63. The van der Waals surface area contributed by atoms with Crippen molar-refractivity contribution in [2.45, 2.75) is 75.6 Å². The zero-order valence-electron chi connectivity index (χ0n) is 19.1. The molecule has 2 N–H and O–H groups in total. The zero-order chi connectivity index (χ0) is 22.4. The molecule has 9 heteroatoms. The number of hydrogen-bond donors (Lipinski definition) is 2. The van der Waals surface area contributed by atoms with Crippen molar-refractivity contribution in [1.82, 2.24) is 15.5 Å². The largest absolute Gasteiger partial charge is 0.443 e. The third kappa shape index (κ3) is 4.27. The van der Waals surface area contributed by atoms with Crippen molar-refractivity contribution < 1.29 is 28.5 Å². The van der Waals surface area contributed by atoms with Crippen LogP contribution < -0.4 is 10.6 Å². The Balaban J connectivity index is 1.38. The second kappa shape index (κ2) is 8.26.